The zero-order valence-electron chi connectivity index (χ0n) is 10.7. The van der Waals surface area contributed by atoms with Gasteiger partial charge in [0.15, 0.2) is 0 Å². The molecule has 0 saturated heterocycles. The normalized spacial score (nSPS) is 16.1. The van der Waals surface area contributed by atoms with Crippen molar-refractivity contribution in [2.24, 2.45) is 0 Å². The lowest BCUT2D eigenvalue weighted by Crippen LogP contribution is -2.39. The second kappa shape index (κ2) is 6.50. The Morgan fingerprint density at radius 2 is 1.95 bits per heavy atom. The number of hydrogen-bond donors (Lipinski definition) is 2. The molecule has 1 aromatic carbocycles. The largest absolute Gasteiger partial charge is 0.374 e. The average Bonchev–Trinajstić information content (AvgIpc) is 2.39. The molecule has 3 nitrogen and oxygen atoms in total. The van der Waals surface area contributed by atoms with Crippen molar-refractivity contribution >= 4 is 11.6 Å². The van der Waals surface area contributed by atoms with E-state index in [0.29, 0.717) is 0 Å². The van der Waals surface area contributed by atoms with Crippen LogP contribution in [-0.2, 0) is 4.79 Å². The lowest BCUT2D eigenvalue weighted by Gasteiger charge is -2.22. The summed E-state index contributed by atoms with van der Waals surface area (Å²) in [6.07, 6.45) is 5.54. The van der Waals surface area contributed by atoms with Gasteiger partial charge in [0.05, 0.1) is 12.2 Å². The Morgan fingerprint density at radius 3 is 2.63 bits per heavy atom. The fourth-order valence-corrected chi connectivity index (χ4v) is 2.33. The molecule has 1 aliphatic rings. The molecule has 104 valence electrons. The number of halogens is 2. The third kappa shape index (κ3) is 4.19. The molecule has 0 spiro atoms. The van der Waals surface area contributed by atoms with Crippen molar-refractivity contribution in [3.8, 4) is 0 Å². The van der Waals surface area contributed by atoms with Gasteiger partial charge in [-0.25, -0.2) is 8.78 Å². The highest BCUT2D eigenvalue weighted by molar-refractivity contribution is 5.81. The predicted octanol–water partition coefficient (Wildman–Crippen LogP) is 2.83. The molecule has 19 heavy (non-hydrogen) atoms. The van der Waals surface area contributed by atoms with Crippen molar-refractivity contribution in [1.82, 2.24) is 5.32 Å². The Balaban J connectivity index is 1.79. The SMILES string of the molecule is O=C(CNc1ccc(F)cc1F)NC1CCCCC1. The van der Waals surface area contributed by atoms with Gasteiger partial charge in [-0.1, -0.05) is 19.3 Å². The number of nitrogens with one attached hydrogen (secondary N) is 2. The number of amides is 1. The molecule has 1 amide bonds. The number of carbonyl (C=O) groups is 1. The lowest BCUT2D eigenvalue weighted by molar-refractivity contribution is -0.120. The molecule has 1 fully saturated rings. The molecule has 0 aliphatic heterocycles. The van der Waals surface area contributed by atoms with Crippen molar-refractivity contribution in [3.05, 3.63) is 29.8 Å². The molecular weight excluding hydrogens is 250 g/mol. The van der Waals surface area contributed by atoms with E-state index in [2.05, 4.69) is 10.6 Å². The predicted molar refractivity (Wildman–Crippen MR) is 69.9 cm³/mol. The van der Waals surface area contributed by atoms with Gasteiger partial charge in [-0.2, -0.15) is 0 Å². The van der Waals surface area contributed by atoms with E-state index in [1.807, 2.05) is 0 Å². The standard InChI is InChI=1S/C14H18F2N2O/c15-10-6-7-13(12(16)8-10)17-9-14(19)18-11-4-2-1-3-5-11/h6-8,11,17H,1-5,9H2,(H,18,19). The van der Waals surface area contributed by atoms with E-state index in [-0.39, 0.29) is 24.2 Å². The molecule has 1 aromatic rings. The maximum Gasteiger partial charge on any atom is 0.239 e. The van der Waals surface area contributed by atoms with Crippen molar-refractivity contribution in [2.75, 3.05) is 11.9 Å². The van der Waals surface area contributed by atoms with Gasteiger partial charge in [-0.15, -0.1) is 0 Å². The molecule has 0 aromatic heterocycles. The van der Waals surface area contributed by atoms with E-state index in [1.54, 1.807) is 0 Å². The zero-order valence-corrected chi connectivity index (χ0v) is 10.7. The topological polar surface area (TPSA) is 41.1 Å². The monoisotopic (exact) mass is 268 g/mol. The first-order valence-electron chi connectivity index (χ1n) is 6.63. The van der Waals surface area contributed by atoms with Crippen LogP contribution in [-0.4, -0.2) is 18.5 Å². The van der Waals surface area contributed by atoms with Gasteiger partial charge in [0.1, 0.15) is 11.6 Å². The number of benzene rings is 1. The number of hydrogen-bond acceptors (Lipinski definition) is 2. The van der Waals surface area contributed by atoms with Crippen molar-refractivity contribution in [2.45, 2.75) is 38.1 Å². The summed E-state index contributed by atoms with van der Waals surface area (Å²) in [5, 5.41) is 5.60. The molecular formula is C14H18F2N2O. The number of carbonyl (C=O) groups excluding carboxylic acids is 1. The van der Waals surface area contributed by atoms with Gasteiger partial charge in [0.2, 0.25) is 5.91 Å². The molecule has 0 bridgehead atoms. The Labute approximate surface area is 111 Å². The fraction of sp³-hybridized carbons (Fsp3) is 0.500. The molecule has 0 unspecified atom stereocenters. The smallest absolute Gasteiger partial charge is 0.239 e. The van der Waals surface area contributed by atoms with Crippen LogP contribution in [0.15, 0.2) is 18.2 Å². The molecule has 5 heteroatoms. The van der Waals surface area contributed by atoms with Gasteiger partial charge in [-0.05, 0) is 25.0 Å². The molecule has 0 atom stereocenters. The van der Waals surface area contributed by atoms with Gasteiger partial charge >= 0.3 is 0 Å². The van der Waals surface area contributed by atoms with Crippen LogP contribution in [0.25, 0.3) is 0 Å². The van der Waals surface area contributed by atoms with Crippen LogP contribution in [0.5, 0.6) is 0 Å². The van der Waals surface area contributed by atoms with Crippen LogP contribution in [0, 0.1) is 11.6 Å². The summed E-state index contributed by atoms with van der Waals surface area (Å²) < 4.78 is 26.0. The molecule has 2 N–H and O–H groups in total. The minimum absolute atomic E-state index is 0.000940. The average molecular weight is 268 g/mol. The molecule has 1 aliphatic carbocycles. The quantitative estimate of drug-likeness (QED) is 0.881. The van der Waals surface area contributed by atoms with Crippen LogP contribution >= 0.6 is 0 Å². The summed E-state index contributed by atoms with van der Waals surface area (Å²) in [7, 11) is 0. The Morgan fingerprint density at radius 1 is 1.21 bits per heavy atom. The lowest BCUT2D eigenvalue weighted by atomic mass is 9.95. The second-order valence-electron chi connectivity index (χ2n) is 4.88. The first kappa shape index (κ1) is 13.8. The Hall–Kier alpha value is -1.65. The summed E-state index contributed by atoms with van der Waals surface area (Å²) in [4.78, 5) is 11.7. The molecule has 0 radical (unpaired) electrons. The third-order valence-corrected chi connectivity index (χ3v) is 3.34. The van der Waals surface area contributed by atoms with Crippen LogP contribution < -0.4 is 10.6 Å². The maximum absolute atomic E-state index is 13.3. The van der Waals surface area contributed by atoms with E-state index >= 15 is 0 Å². The fourth-order valence-electron chi connectivity index (χ4n) is 2.33. The highest BCUT2D eigenvalue weighted by Gasteiger charge is 2.15. The molecule has 1 saturated carbocycles. The van der Waals surface area contributed by atoms with Gasteiger partial charge < -0.3 is 10.6 Å². The van der Waals surface area contributed by atoms with Crippen molar-refractivity contribution in [1.29, 1.82) is 0 Å². The van der Waals surface area contributed by atoms with Crippen molar-refractivity contribution in [3.63, 3.8) is 0 Å². The minimum atomic E-state index is -0.689. The van der Waals surface area contributed by atoms with Crippen LogP contribution in [0.2, 0.25) is 0 Å². The summed E-state index contributed by atoms with van der Waals surface area (Å²) >= 11 is 0. The Bertz CT molecular complexity index is 445. The van der Waals surface area contributed by atoms with Gasteiger partial charge in [0, 0.05) is 12.1 Å². The zero-order chi connectivity index (χ0) is 13.7. The first-order valence-corrected chi connectivity index (χ1v) is 6.63. The van der Waals surface area contributed by atoms with Crippen molar-refractivity contribution < 1.29 is 13.6 Å². The summed E-state index contributed by atoms with van der Waals surface area (Å²) in [5.74, 6) is -1.48. The van der Waals surface area contributed by atoms with E-state index < -0.39 is 11.6 Å². The highest BCUT2D eigenvalue weighted by Crippen LogP contribution is 2.17. The van der Waals surface area contributed by atoms with Gasteiger partial charge in [0.25, 0.3) is 0 Å². The van der Waals surface area contributed by atoms with E-state index in [4.69, 9.17) is 0 Å². The molecule has 0 heterocycles. The van der Waals surface area contributed by atoms with E-state index in [0.717, 1.165) is 37.8 Å². The van der Waals surface area contributed by atoms with Gasteiger partial charge in [-0.3, -0.25) is 4.79 Å². The summed E-state index contributed by atoms with van der Waals surface area (Å²) in [6, 6.07) is 3.48. The second-order valence-corrected chi connectivity index (χ2v) is 4.88. The summed E-state index contributed by atoms with van der Waals surface area (Å²) in [5.41, 5.74) is 0.139. The number of anilines is 1. The molecule has 2 rings (SSSR count). The maximum atomic E-state index is 13.3. The minimum Gasteiger partial charge on any atom is -0.374 e. The highest BCUT2D eigenvalue weighted by atomic mass is 19.1. The van der Waals surface area contributed by atoms with E-state index in [1.165, 1.54) is 12.5 Å². The number of rotatable bonds is 4. The third-order valence-electron chi connectivity index (χ3n) is 3.34. The van der Waals surface area contributed by atoms with Crippen LogP contribution in [0.3, 0.4) is 0 Å². The van der Waals surface area contributed by atoms with Crippen LogP contribution in [0.4, 0.5) is 14.5 Å². The Kier molecular flexibility index (Phi) is 4.71. The van der Waals surface area contributed by atoms with Crippen LogP contribution in [0.1, 0.15) is 32.1 Å². The summed E-state index contributed by atoms with van der Waals surface area (Å²) in [6.45, 7) is -0.000940. The first-order chi connectivity index (χ1) is 9.15. The van der Waals surface area contributed by atoms with E-state index in [9.17, 15) is 13.6 Å².